The summed E-state index contributed by atoms with van der Waals surface area (Å²) in [5.74, 6) is 0. The molecule has 0 N–H and O–H groups in total. The summed E-state index contributed by atoms with van der Waals surface area (Å²) in [6, 6.07) is 0. The number of halogens is 1. The van der Waals surface area contributed by atoms with E-state index in [1.165, 1.54) is 6.26 Å². The molecule has 0 saturated heterocycles. The average molecular weight is 135 g/mol. The van der Waals surface area contributed by atoms with Crippen molar-refractivity contribution in [3.05, 3.63) is 12.5 Å². The molecular formula is C3H3ClNOP. The third kappa shape index (κ3) is 1.15. The molecule has 1 rings (SSSR count). The highest BCUT2D eigenvalue weighted by atomic mass is 35.7. The van der Waals surface area contributed by atoms with Crippen molar-refractivity contribution in [1.82, 2.24) is 4.98 Å². The maximum Gasteiger partial charge on any atom is 0.228 e. The Balaban J connectivity index is 2.76. The Morgan fingerprint density at radius 1 is 1.86 bits per heavy atom. The van der Waals surface area contributed by atoms with Crippen LogP contribution in [0.3, 0.4) is 0 Å². The molecule has 0 fully saturated rings. The molecule has 0 radical (unpaired) electrons. The van der Waals surface area contributed by atoms with Gasteiger partial charge in [-0.25, -0.2) is 4.98 Å². The summed E-state index contributed by atoms with van der Waals surface area (Å²) in [6.07, 6.45) is 3.08. The van der Waals surface area contributed by atoms with Crippen LogP contribution in [0.25, 0.3) is 0 Å². The maximum absolute atomic E-state index is 5.34. The fourth-order valence-electron chi connectivity index (χ4n) is 0.270. The van der Waals surface area contributed by atoms with Crippen molar-refractivity contribution in [3.63, 3.8) is 0 Å². The Kier molecular flexibility index (Phi) is 1.66. The first kappa shape index (κ1) is 5.07. The third-order valence-electron chi connectivity index (χ3n) is 0.513. The average Bonchev–Trinajstić information content (AvgIpc) is 2.14. The highest BCUT2D eigenvalue weighted by Gasteiger charge is 1.88. The lowest BCUT2D eigenvalue weighted by molar-refractivity contribution is 0.598. The molecule has 0 aliphatic rings. The molecule has 0 spiro atoms. The molecule has 0 amide bonds. The van der Waals surface area contributed by atoms with Crippen LogP contribution in [0.4, 0.5) is 0 Å². The van der Waals surface area contributed by atoms with Crippen LogP contribution >= 0.6 is 19.2 Å². The minimum atomic E-state index is 0.149. The van der Waals surface area contributed by atoms with Crippen LogP contribution < -0.4 is 5.63 Å². The molecule has 0 aromatic carbocycles. The molecule has 1 aromatic heterocycles. The van der Waals surface area contributed by atoms with Gasteiger partial charge >= 0.3 is 0 Å². The van der Waals surface area contributed by atoms with Gasteiger partial charge in [0.05, 0.1) is 14.1 Å². The number of aromatic nitrogens is 1. The second-order valence-electron chi connectivity index (χ2n) is 0.932. The maximum atomic E-state index is 5.34. The van der Waals surface area contributed by atoms with Crippen LogP contribution in [0.1, 0.15) is 0 Å². The molecule has 0 bridgehead atoms. The highest BCUT2D eigenvalue weighted by Crippen LogP contribution is 2.12. The van der Waals surface area contributed by atoms with Crippen LogP contribution in [0.2, 0.25) is 0 Å². The lowest BCUT2D eigenvalue weighted by atomic mass is 11.0. The van der Waals surface area contributed by atoms with E-state index in [0.29, 0.717) is 5.63 Å². The molecule has 4 heteroatoms. The van der Waals surface area contributed by atoms with Crippen molar-refractivity contribution >= 4 is 24.8 Å². The zero-order chi connectivity index (χ0) is 5.11. The topological polar surface area (TPSA) is 26.0 Å². The van der Waals surface area contributed by atoms with Gasteiger partial charge in [0, 0.05) is 0 Å². The van der Waals surface area contributed by atoms with E-state index in [0.717, 1.165) is 0 Å². The quantitative estimate of drug-likeness (QED) is 0.540. The van der Waals surface area contributed by atoms with Crippen LogP contribution in [-0.2, 0) is 0 Å². The van der Waals surface area contributed by atoms with Gasteiger partial charge in [0.25, 0.3) is 0 Å². The second kappa shape index (κ2) is 2.29. The number of rotatable bonds is 1. The molecule has 38 valence electrons. The van der Waals surface area contributed by atoms with Gasteiger partial charge in [0.1, 0.15) is 6.26 Å². The van der Waals surface area contributed by atoms with E-state index in [1.807, 2.05) is 0 Å². The van der Waals surface area contributed by atoms with E-state index in [2.05, 4.69) is 4.98 Å². The standard InChI is InChI=1S/C3H3ClNOP/c4-7-3-5-1-2-6-3/h1-2,7H. The van der Waals surface area contributed by atoms with Crippen LogP contribution in [0.5, 0.6) is 0 Å². The van der Waals surface area contributed by atoms with Crippen LogP contribution in [0.15, 0.2) is 16.9 Å². The largest absolute Gasteiger partial charge is 0.444 e. The van der Waals surface area contributed by atoms with Crippen LogP contribution in [0, 0.1) is 0 Å². The van der Waals surface area contributed by atoms with Gasteiger partial charge in [-0.05, 0) is 0 Å². The molecule has 0 aliphatic heterocycles. The Bertz CT molecular complexity index is 129. The predicted octanol–water partition coefficient (Wildman–Crippen LogP) is 1.13. The molecule has 0 saturated carbocycles. The number of hydrogen-bond acceptors (Lipinski definition) is 2. The van der Waals surface area contributed by atoms with Gasteiger partial charge in [-0.15, -0.1) is 0 Å². The number of nitrogens with zero attached hydrogens (tertiary/aromatic N) is 1. The zero-order valence-corrected chi connectivity index (χ0v) is 5.14. The minimum absolute atomic E-state index is 0.149. The van der Waals surface area contributed by atoms with Gasteiger partial charge < -0.3 is 4.42 Å². The SMILES string of the molecule is ClPc1ncco1. The summed E-state index contributed by atoms with van der Waals surface area (Å²) >= 11 is 5.34. The minimum Gasteiger partial charge on any atom is -0.444 e. The number of hydrogen-bond donors (Lipinski definition) is 0. The zero-order valence-electron chi connectivity index (χ0n) is 3.39. The molecule has 2 nitrogen and oxygen atoms in total. The first-order valence-corrected chi connectivity index (χ1v) is 3.71. The molecule has 1 aromatic rings. The summed E-state index contributed by atoms with van der Waals surface area (Å²) in [5.41, 5.74) is 0.599. The summed E-state index contributed by atoms with van der Waals surface area (Å²) in [4.78, 5) is 3.75. The predicted molar refractivity (Wildman–Crippen MR) is 30.3 cm³/mol. The summed E-state index contributed by atoms with van der Waals surface area (Å²) in [6.45, 7) is 0. The number of oxazole rings is 1. The Morgan fingerprint density at radius 2 is 2.71 bits per heavy atom. The van der Waals surface area contributed by atoms with E-state index in [1.54, 1.807) is 6.20 Å². The molecule has 0 aliphatic carbocycles. The smallest absolute Gasteiger partial charge is 0.228 e. The van der Waals surface area contributed by atoms with Gasteiger partial charge in [0.2, 0.25) is 5.63 Å². The van der Waals surface area contributed by atoms with E-state index in [-0.39, 0.29) is 7.93 Å². The Hall–Kier alpha value is -0.0700. The lowest BCUT2D eigenvalue weighted by Gasteiger charge is -1.75. The third-order valence-corrected chi connectivity index (χ3v) is 1.41. The second-order valence-corrected chi connectivity index (χ2v) is 2.12. The lowest BCUT2D eigenvalue weighted by Crippen LogP contribution is -1.86. The summed E-state index contributed by atoms with van der Waals surface area (Å²) < 4.78 is 4.75. The van der Waals surface area contributed by atoms with Crippen molar-refractivity contribution in [2.24, 2.45) is 0 Å². The van der Waals surface area contributed by atoms with Crippen molar-refractivity contribution in [2.75, 3.05) is 0 Å². The summed E-state index contributed by atoms with van der Waals surface area (Å²) in [7, 11) is 0.149. The van der Waals surface area contributed by atoms with E-state index in [4.69, 9.17) is 15.7 Å². The Morgan fingerprint density at radius 3 is 3.00 bits per heavy atom. The van der Waals surface area contributed by atoms with Crippen molar-refractivity contribution in [1.29, 1.82) is 0 Å². The monoisotopic (exact) mass is 135 g/mol. The van der Waals surface area contributed by atoms with Crippen LogP contribution in [-0.4, -0.2) is 4.98 Å². The fraction of sp³-hybridized carbons (Fsp3) is 0. The van der Waals surface area contributed by atoms with Gasteiger partial charge in [0.15, 0.2) is 0 Å². The highest BCUT2D eigenvalue weighted by molar-refractivity contribution is 7.74. The molecule has 7 heavy (non-hydrogen) atoms. The fourth-order valence-corrected chi connectivity index (χ4v) is 0.786. The van der Waals surface area contributed by atoms with Crippen molar-refractivity contribution in [3.8, 4) is 0 Å². The molecule has 1 unspecified atom stereocenters. The first-order chi connectivity index (χ1) is 3.43. The first-order valence-electron chi connectivity index (χ1n) is 1.69. The van der Waals surface area contributed by atoms with E-state index in [9.17, 15) is 0 Å². The summed E-state index contributed by atoms with van der Waals surface area (Å²) in [5, 5.41) is 0. The van der Waals surface area contributed by atoms with Gasteiger partial charge in [-0.3, -0.25) is 0 Å². The van der Waals surface area contributed by atoms with Crippen molar-refractivity contribution in [2.45, 2.75) is 0 Å². The normalized spacial score (nSPS) is 11.0. The Labute approximate surface area is 47.5 Å². The van der Waals surface area contributed by atoms with E-state index >= 15 is 0 Å². The van der Waals surface area contributed by atoms with Crippen molar-refractivity contribution < 1.29 is 4.42 Å². The molecule has 1 atom stereocenters. The van der Waals surface area contributed by atoms with E-state index < -0.39 is 0 Å². The van der Waals surface area contributed by atoms with Gasteiger partial charge in [-0.2, -0.15) is 0 Å². The molecule has 1 heterocycles. The molecular weight excluding hydrogens is 132 g/mol. The van der Waals surface area contributed by atoms with Gasteiger partial charge in [-0.1, -0.05) is 11.2 Å².